The maximum absolute atomic E-state index is 2.99. The fourth-order valence-electron chi connectivity index (χ4n) is 8.41. The Bertz CT molecular complexity index is 2020. The number of allylic oxidation sites excluding steroid dienone is 4. The van der Waals surface area contributed by atoms with E-state index in [1.807, 2.05) is 0 Å². The van der Waals surface area contributed by atoms with Crippen LogP contribution in [0.25, 0.3) is 11.1 Å². The van der Waals surface area contributed by atoms with Crippen LogP contribution in [0.15, 0.2) is 106 Å². The summed E-state index contributed by atoms with van der Waals surface area (Å²) >= 11 is -2.99. The first kappa shape index (κ1) is 46.4. The van der Waals surface area contributed by atoms with Crippen LogP contribution in [0.1, 0.15) is 165 Å². The van der Waals surface area contributed by atoms with E-state index in [-0.39, 0.29) is 51.9 Å². The molecule has 0 saturated heterocycles. The second-order valence-electron chi connectivity index (χ2n) is 21.5. The fraction of sp³-hybridized carbons (Fsp3) is 0.453. The molecule has 0 spiro atoms. The number of rotatable bonds is 5. The number of hydrogen-bond acceptors (Lipinski definition) is 0. The molecule has 1 atom stereocenters. The van der Waals surface area contributed by atoms with E-state index >= 15 is 0 Å². The Morgan fingerprint density at radius 3 is 1.16 bits per heavy atom. The minimum Gasteiger partial charge on any atom is -1.00 e. The van der Waals surface area contributed by atoms with Crippen molar-refractivity contribution in [3.8, 4) is 11.1 Å². The molecule has 2 aliphatic rings. The van der Waals surface area contributed by atoms with Crippen molar-refractivity contribution in [3.63, 3.8) is 0 Å². The van der Waals surface area contributed by atoms with Crippen LogP contribution >= 0.6 is 0 Å². The maximum Gasteiger partial charge on any atom is -1.00 e. The third-order valence-corrected chi connectivity index (χ3v) is 20.6. The van der Waals surface area contributed by atoms with E-state index in [9.17, 15) is 0 Å². The summed E-state index contributed by atoms with van der Waals surface area (Å²) in [5.74, 6) is 0.460. The molecule has 56 heavy (non-hydrogen) atoms. The maximum atomic E-state index is 2.71. The summed E-state index contributed by atoms with van der Waals surface area (Å²) in [4.78, 5) is 0. The van der Waals surface area contributed by atoms with Gasteiger partial charge in [-0.15, -0.1) is 0 Å². The van der Waals surface area contributed by atoms with Gasteiger partial charge in [0.15, 0.2) is 0 Å². The van der Waals surface area contributed by atoms with Crippen LogP contribution in [-0.4, -0.2) is 3.21 Å². The molecule has 3 heteroatoms. The van der Waals surface area contributed by atoms with Crippen LogP contribution in [-0.2, 0) is 42.9 Å². The van der Waals surface area contributed by atoms with Crippen LogP contribution in [0.4, 0.5) is 0 Å². The van der Waals surface area contributed by atoms with Gasteiger partial charge in [-0.1, -0.05) is 0 Å². The molecule has 0 N–H and O–H groups in total. The summed E-state index contributed by atoms with van der Waals surface area (Å²) in [5.41, 5.74) is 16.4. The van der Waals surface area contributed by atoms with E-state index in [0.717, 1.165) is 6.42 Å². The van der Waals surface area contributed by atoms with Crippen molar-refractivity contribution in [2.75, 3.05) is 0 Å². The molecular weight excluding hydrogens is 799 g/mol. The Morgan fingerprint density at radius 2 is 0.839 bits per heavy atom. The van der Waals surface area contributed by atoms with E-state index in [0.29, 0.717) is 9.54 Å². The van der Waals surface area contributed by atoms with Crippen LogP contribution in [0.2, 0.25) is 0 Å². The first-order valence-electron chi connectivity index (χ1n) is 20.6. The van der Waals surface area contributed by atoms with Crippen molar-refractivity contribution in [2.24, 2.45) is 11.3 Å². The van der Waals surface area contributed by atoms with Crippen molar-refractivity contribution >= 4 is 3.21 Å². The normalized spacial score (nSPS) is 15.8. The van der Waals surface area contributed by atoms with Gasteiger partial charge in [0.25, 0.3) is 0 Å². The largest absolute Gasteiger partial charge is 1.00 e. The summed E-state index contributed by atoms with van der Waals surface area (Å²) < 4.78 is 3.76. The molecule has 4 aromatic rings. The number of benzene rings is 4. The molecular formula is C53H68Cl2Zr. The second-order valence-corrected chi connectivity index (χ2v) is 27.6. The molecule has 0 amide bonds. The number of halogens is 2. The molecule has 0 nitrogen and oxygen atoms in total. The molecule has 0 radical (unpaired) electrons. The van der Waals surface area contributed by atoms with Crippen molar-refractivity contribution in [1.82, 2.24) is 0 Å². The standard InChI is InChI=1S/C21H25.C21H26.C11H17.2ClH.Zr/c1-20(2,3)16-9-7-14-11-15-8-10-17(21(4,5)6)13-19(15)18(14)12-16;1-20(2,3)18-11-7-16(8-12-18)15-17-9-13-19(14-10-17)21(4,5)6;1-5-9-6-7-10(8-9)11(2,3)4;;;/h7-13H,1-6H3;7-14H,1-6H3;7-9H,5H2,1-4H3;2*1H;/q;;;;;+2/p-2. The predicted molar refractivity (Wildman–Crippen MR) is 234 cm³/mol. The van der Waals surface area contributed by atoms with Gasteiger partial charge in [0.05, 0.1) is 0 Å². The summed E-state index contributed by atoms with van der Waals surface area (Å²) in [6.07, 6.45) is 6.49. The zero-order valence-electron chi connectivity index (χ0n) is 37.4. The summed E-state index contributed by atoms with van der Waals surface area (Å²) in [7, 11) is 0. The van der Waals surface area contributed by atoms with Gasteiger partial charge in [0.2, 0.25) is 0 Å². The van der Waals surface area contributed by atoms with E-state index in [1.54, 1.807) is 17.6 Å². The molecule has 0 bridgehead atoms. The van der Waals surface area contributed by atoms with Crippen LogP contribution in [0.5, 0.6) is 0 Å². The monoisotopic (exact) mass is 864 g/mol. The van der Waals surface area contributed by atoms with Crippen LogP contribution < -0.4 is 24.8 Å². The van der Waals surface area contributed by atoms with Gasteiger partial charge in [-0.25, -0.2) is 0 Å². The molecule has 0 fully saturated rings. The molecule has 0 aliphatic heterocycles. The van der Waals surface area contributed by atoms with Crippen molar-refractivity contribution in [3.05, 3.63) is 150 Å². The van der Waals surface area contributed by atoms with Gasteiger partial charge in [0, 0.05) is 0 Å². The molecule has 0 saturated carbocycles. The zero-order chi connectivity index (χ0) is 39.8. The van der Waals surface area contributed by atoms with Crippen molar-refractivity contribution < 1.29 is 46.1 Å². The van der Waals surface area contributed by atoms with Gasteiger partial charge in [-0.2, -0.15) is 0 Å². The number of hydrogen-bond donors (Lipinski definition) is 0. The smallest absolute Gasteiger partial charge is 1.00 e. The molecule has 0 aromatic heterocycles. The van der Waals surface area contributed by atoms with E-state index < -0.39 is 21.3 Å². The third-order valence-electron chi connectivity index (χ3n) is 12.1. The Morgan fingerprint density at radius 1 is 0.482 bits per heavy atom. The van der Waals surface area contributed by atoms with E-state index in [4.69, 9.17) is 0 Å². The summed E-state index contributed by atoms with van der Waals surface area (Å²) in [5, 5.41) is 0. The minimum atomic E-state index is -2.99. The number of fused-ring (bicyclic) bond motifs is 3. The van der Waals surface area contributed by atoms with Gasteiger partial charge in [0.1, 0.15) is 0 Å². The molecule has 6 rings (SSSR count). The van der Waals surface area contributed by atoms with Crippen LogP contribution in [0.3, 0.4) is 0 Å². The zero-order valence-corrected chi connectivity index (χ0v) is 41.3. The van der Waals surface area contributed by atoms with Crippen LogP contribution in [0, 0.1) is 11.3 Å². The van der Waals surface area contributed by atoms with E-state index in [1.165, 1.54) is 50.1 Å². The topological polar surface area (TPSA) is 0 Å². The Hall–Kier alpha value is -2.31. The minimum absolute atomic E-state index is 0. The van der Waals surface area contributed by atoms with E-state index in [2.05, 4.69) is 208 Å². The van der Waals surface area contributed by atoms with Gasteiger partial charge in [-0.3, -0.25) is 0 Å². The average molecular weight is 867 g/mol. The Balaban J connectivity index is 0.00000348. The molecule has 298 valence electrons. The van der Waals surface area contributed by atoms with Gasteiger partial charge < -0.3 is 24.8 Å². The SMILES string of the molecule is CCC1C=C(C(C)(C)C)C=[C]1[Zr+2](=[C](c1ccc(C(C)(C)C)cc1)c1ccc(C(C)(C)C)cc1)[CH]1c2ccc(C(C)(C)C)cc2-c2cc(C(C)(C)C)ccc21.[Cl-].[Cl-]. The first-order chi connectivity index (χ1) is 24.9. The molecule has 4 aromatic carbocycles. The third kappa shape index (κ3) is 9.27. The fourth-order valence-corrected chi connectivity index (χ4v) is 18.2. The molecule has 1 unspecified atom stereocenters. The average Bonchev–Trinajstić information content (AvgIpc) is 3.65. The Labute approximate surface area is 362 Å². The Kier molecular flexibility index (Phi) is 13.6. The van der Waals surface area contributed by atoms with Crippen molar-refractivity contribution in [1.29, 1.82) is 0 Å². The molecule has 2 aliphatic carbocycles. The van der Waals surface area contributed by atoms with Crippen molar-refractivity contribution in [2.45, 2.75) is 142 Å². The summed E-state index contributed by atoms with van der Waals surface area (Å²) in [6, 6.07) is 34.7. The second kappa shape index (κ2) is 16.4. The first-order valence-corrected chi connectivity index (χ1v) is 24.5. The molecule has 0 heterocycles. The van der Waals surface area contributed by atoms with Gasteiger partial charge >= 0.3 is 340 Å². The van der Waals surface area contributed by atoms with Gasteiger partial charge in [-0.05, 0) is 0 Å². The quantitative estimate of drug-likeness (QED) is 0.189. The predicted octanol–water partition coefficient (Wildman–Crippen LogP) is 8.74. The summed E-state index contributed by atoms with van der Waals surface area (Å²) in [6.45, 7) is 37.8.